The number of amides is 1. The van der Waals surface area contributed by atoms with Crippen molar-refractivity contribution < 1.29 is 4.79 Å². The molecule has 1 amide bonds. The van der Waals surface area contributed by atoms with Gasteiger partial charge in [0.2, 0.25) is 0 Å². The molecule has 2 rings (SSSR count). The highest BCUT2D eigenvalue weighted by Crippen LogP contribution is 2.24. The number of hydrogen-bond donors (Lipinski definition) is 1. The van der Waals surface area contributed by atoms with Gasteiger partial charge < -0.3 is 5.32 Å². The lowest BCUT2D eigenvalue weighted by atomic mass is 10.2. The third-order valence-corrected chi connectivity index (χ3v) is 3.78. The van der Waals surface area contributed by atoms with Crippen LogP contribution in [-0.2, 0) is 6.54 Å². The molecule has 0 aliphatic rings. The van der Waals surface area contributed by atoms with Crippen molar-refractivity contribution in [1.82, 2.24) is 20.1 Å². The fourth-order valence-electron chi connectivity index (χ4n) is 1.92. The van der Waals surface area contributed by atoms with Crippen molar-refractivity contribution in [2.45, 2.75) is 43.6 Å². The van der Waals surface area contributed by atoms with E-state index in [4.69, 9.17) is 0 Å². The second-order valence-corrected chi connectivity index (χ2v) is 6.69. The number of nitrogens with one attached hydrogen (secondary N) is 1. The Kier molecular flexibility index (Phi) is 5.38. The number of nitrogens with zero attached hydrogens (tertiary/aromatic N) is 3. The average Bonchev–Trinajstić information content (AvgIpc) is 2.91. The third kappa shape index (κ3) is 4.60. The van der Waals surface area contributed by atoms with Crippen molar-refractivity contribution in [2.75, 3.05) is 0 Å². The maximum atomic E-state index is 12.4. The summed E-state index contributed by atoms with van der Waals surface area (Å²) >= 11 is 1.60. The summed E-state index contributed by atoms with van der Waals surface area (Å²) in [5.41, 5.74) is 0.628. The molecule has 21 heavy (non-hydrogen) atoms. The number of rotatable bonds is 6. The number of carbonyl (C=O) groups excluding carboxylic acids is 1. The molecule has 112 valence electrons. The molecule has 6 heteroatoms. The van der Waals surface area contributed by atoms with Crippen LogP contribution in [0.2, 0.25) is 0 Å². The molecule has 2 aromatic rings. The molecule has 0 bridgehead atoms. The zero-order chi connectivity index (χ0) is 15.2. The first-order chi connectivity index (χ1) is 10.1. The molecule has 0 aliphatic heterocycles. The molecule has 0 fully saturated rings. The minimum absolute atomic E-state index is 0.00509. The van der Waals surface area contributed by atoms with E-state index in [1.165, 1.54) is 0 Å². The van der Waals surface area contributed by atoms with Crippen LogP contribution in [0.3, 0.4) is 0 Å². The highest BCUT2D eigenvalue weighted by molar-refractivity contribution is 7.99. The summed E-state index contributed by atoms with van der Waals surface area (Å²) in [7, 11) is 0. The Labute approximate surface area is 129 Å². The first-order valence-corrected chi connectivity index (χ1v) is 7.84. The lowest BCUT2D eigenvalue weighted by Crippen LogP contribution is -2.36. The van der Waals surface area contributed by atoms with Gasteiger partial charge in [-0.1, -0.05) is 13.8 Å². The van der Waals surface area contributed by atoms with Crippen molar-refractivity contribution in [3.63, 3.8) is 0 Å². The fourth-order valence-corrected chi connectivity index (χ4v) is 2.77. The summed E-state index contributed by atoms with van der Waals surface area (Å²) in [5.74, 6) is -0.0918. The summed E-state index contributed by atoms with van der Waals surface area (Å²) in [6, 6.07) is 5.47. The fraction of sp³-hybridized carbons (Fsp3) is 0.400. The molecule has 1 atom stereocenters. The Balaban J connectivity index is 2.02. The maximum absolute atomic E-state index is 12.4. The van der Waals surface area contributed by atoms with E-state index in [0.29, 0.717) is 17.4 Å². The van der Waals surface area contributed by atoms with E-state index < -0.39 is 0 Å². The van der Waals surface area contributed by atoms with E-state index >= 15 is 0 Å². The van der Waals surface area contributed by atoms with E-state index in [-0.39, 0.29) is 11.9 Å². The molecule has 0 unspecified atom stereocenters. The minimum Gasteiger partial charge on any atom is -0.348 e. The zero-order valence-electron chi connectivity index (χ0n) is 12.5. The van der Waals surface area contributed by atoms with Gasteiger partial charge in [-0.15, -0.1) is 11.8 Å². The van der Waals surface area contributed by atoms with Gasteiger partial charge in [0, 0.05) is 29.9 Å². The molecule has 0 radical (unpaired) electrons. The van der Waals surface area contributed by atoms with Crippen LogP contribution in [0, 0.1) is 0 Å². The first-order valence-electron chi connectivity index (χ1n) is 6.96. The van der Waals surface area contributed by atoms with Crippen LogP contribution < -0.4 is 5.32 Å². The monoisotopic (exact) mass is 304 g/mol. The van der Waals surface area contributed by atoms with Gasteiger partial charge in [-0.05, 0) is 25.1 Å². The summed E-state index contributed by atoms with van der Waals surface area (Å²) in [6.45, 7) is 6.78. The van der Waals surface area contributed by atoms with E-state index in [9.17, 15) is 4.79 Å². The molecular formula is C15H20N4OS. The molecular weight excluding hydrogens is 284 g/mol. The van der Waals surface area contributed by atoms with Gasteiger partial charge in [0.15, 0.2) is 0 Å². The molecule has 0 aliphatic carbocycles. The molecule has 0 aromatic carbocycles. The summed E-state index contributed by atoms with van der Waals surface area (Å²) in [5, 5.41) is 8.29. The van der Waals surface area contributed by atoms with Gasteiger partial charge in [-0.2, -0.15) is 5.10 Å². The third-order valence-electron chi connectivity index (χ3n) is 2.76. The minimum atomic E-state index is -0.0918. The van der Waals surface area contributed by atoms with Gasteiger partial charge in [0.1, 0.15) is 5.03 Å². The SMILES string of the molecule is CC(C)Sc1ncccc1C(=O)N[C@@H](C)Cn1cccn1. The van der Waals surface area contributed by atoms with E-state index in [0.717, 1.165) is 5.03 Å². The molecule has 1 N–H and O–H groups in total. The molecule has 0 saturated carbocycles. The summed E-state index contributed by atoms with van der Waals surface area (Å²) in [6.07, 6.45) is 5.33. The lowest BCUT2D eigenvalue weighted by Gasteiger charge is -2.15. The number of aromatic nitrogens is 3. The number of thioether (sulfide) groups is 1. The number of carbonyl (C=O) groups is 1. The lowest BCUT2D eigenvalue weighted by molar-refractivity contribution is 0.0932. The Morgan fingerprint density at radius 2 is 2.14 bits per heavy atom. The molecule has 2 aromatic heterocycles. The average molecular weight is 304 g/mol. The standard InChI is InChI=1S/C15H20N4OS/c1-11(2)21-15-13(6-4-7-16-15)14(20)18-12(3)10-19-9-5-8-17-19/h4-9,11-12H,10H2,1-3H3,(H,18,20)/t12-/m0/s1. The summed E-state index contributed by atoms with van der Waals surface area (Å²) in [4.78, 5) is 16.7. The molecule has 2 heterocycles. The van der Waals surface area contributed by atoms with Gasteiger partial charge in [-0.25, -0.2) is 4.98 Å². The van der Waals surface area contributed by atoms with Gasteiger partial charge in [0.05, 0.1) is 12.1 Å². The predicted molar refractivity (Wildman–Crippen MR) is 84.4 cm³/mol. The van der Waals surface area contributed by atoms with Crippen molar-refractivity contribution in [3.05, 3.63) is 42.4 Å². The van der Waals surface area contributed by atoms with E-state index in [1.807, 2.05) is 25.3 Å². The van der Waals surface area contributed by atoms with E-state index in [2.05, 4.69) is 29.2 Å². The van der Waals surface area contributed by atoms with Crippen LogP contribution in [0.15, 0.2) is 41.8 Å². The van der Waals surface area contributed by atoms with Crippen LogP contribution in [0.5, 0.6) is 0 Å². The highest BCUT2D eigenvalue weighted by atomic mass is 32.2. The smallest absolute Gasteiger partial charge is 0.254 e. The van der Waals surface area contributed by atoms with Crippen LogP contribution >= 0.6 is 11.8 Å². The van der Waals surface area contributed by atoms with Crippen molar-refractivity contribution >= 4 is 17.7 Å². The van der Waals surface area contributed by atoms with Crippen LogP contribution in [0.4, 0.5) is 0 Å². The zero-order valence-corrected chi connectivity index (χ0v) is 13.3. The second kappa shape index (κ2) is 7.26. The van der Waals surface area contributed by atoms with Crippen LogP contribution in [0.25, 0.3) is 0 Å². The van der Waals surface area contributed by atoms with Gasteiger partial charge in [-0.3, -0.25) is 9.48 Å². The molecule has 0 saturated heterocycles. The normalized spacial score (nSPS) is 12.4. The van der Waals surface area contributed by atoms with Crippen LogP contribution in [-0.4, -0.2) is 32.0 Å². The second-order valence-electron chi connectivity index (χ2n) is 5.13. The topological polar surface area (TPSA) is 59.8 Å². The first kappa shape index (κ1) is 15.6. The largest absolute Gasteiger partial charge is 0.348 e. The Hall–Kier alpha value is -1.82. The quantitative estimate of drug-likeness (QED) is 0.833. The Morgan fingerprint density at radius 3 is 2.81 bits per heavy atom. The number of pyridine rings is 1. The van der Waals surface area contributed by atoms with Crippen molar-refractivity contribution in [1.29, 1.82) is 0 Å². The molecule has 0 spiro atoms. The van der Waals surface area contributed by atoms with Gasteiger partial charge in [0.25, 0.3) is 5.91 Å². The highest BCUT2D eigenvalue weighted by Gasteiger charge is 2.16. The predicted octanol–water partition coefficient (Wildman–Crippen LogP) is 2.60. The van der Waals surface area contributed by atoms with Crippen molar-refractivity contribution in [2.24, 2.45) is 0 Å². The number of hydrogen-bond acceptors (Lipinski definition) is 4. The van der Waals surface area contributed by atoms with E-state index in [1.54, 1.807) is 34.9 Å². The maximum Gasteiger partial charge on any atom is 0.254 e. The Morgan fingerprint density at radius 1 is 1.33 bits per heavy atom. The van der Waals surface area contributed by atoms with Crippen molar-refractivity contribution in [3.8, 4) is 0 Å². The van der Waals surface area contributed by atoms with Gasteiger partial charge >= 0.3 is 0 Å². The molecule has 5 nitrogen and oxygen atoms in total. The van der Waals surface area contributed by atoms with Crippen LogP contribution in [0.1, 0.15) is 31.1 Å². The summed E-state index contributed by atoms with van der Waals surface area (Å²) < 4.78 is 1.80. The Bertz CT molecular complexity index is 583.